The van der Waals surface area contributed by atoms with Crippen molar-refractivity contribution in [1.29, 1.82) is 0 Å². The van der Waals surface area contributed by atoms with E-state index < -0.39 is 6.10 Å². The highest BCUT2D eigenvalue weighted by Gasteiger charge is 2.46. The Balaban J connectivity index is 1.29. The summed E-state index contributed by atoms with van der Waals surface area (Å²) in [4.78, 5) is 26.9. The molecular formula is C23H30N2O6. The molecule has 168 valence electrons. The molecule has 31 heavy (non-hydrogen) atoms. The van der Waals surface area contributed by atoms with Gasteiger partial charge in [-0.2, -0.15) is 0 Å². The number of nitrogens with zero attached hydrogens (tertiary/aromatic N) is 1. The van der Waals surface area contributed by atoms with Crippen LogP contribution in [0.2, 0.25) is 0 Å². The number of hydrogen-bond acceptors (Lipinski definition) is 6. The van der Waals surface area contributed by atoms with Crippen molar-refractivity contribution in [1.82, 2.24) is 4.90 Å². The molecule has 8 heteroatoms. The molecule has 4 atom stereocenters. The number of ether oxygens (including phenoxy) is 3. The number of rotatable bonds is 5. The first kappa shape index (κ1) is 20.7. The van der Waals surface area contributed by atoms with Crippen molar-refractivity contribution < 1.29 is 28.9 Å². The Morgan fingerprint density at radius 3 is 2.71 bits per heavy atom. The van der Waals surface area contributed by atoms with E-state index in [9.17, 15) is 14.7 Å². The number of fused-ring (bicyclic) bond motifs is 3. The van der Waals surface area contributed by atoms with Gasteiger partial charge in [0.15, 0.2) is 0 Å². The van der Waals surface area contributed by atoms with Crippen molar-refractivity contribution in [2.24, 2.45) is 5.92 Å². The largest absolute Gasteiger partial charge is 0.487 e. The molecule has 3 heterocycles. The van der Waals surface area contributed by atoms with E-state index in [1.54, 1.807) is 0 Å². The van der Waals surface area contributed by atoms with Crippen molar-refractivity contribution in [2.75, 3.05) is 38.2 Å². The fraction of sp³-hybridized carbons (Fsp3) is 0.652. The van der Waals surface area contributed by atoms with Crippen LogP contribution in [0.25, 0.3) is 0 Å². The molecule has 3 aliphatic heterocycles. The minimum atomic E-state index is -0.485. The SMILES string of the molecule is O=C(Nc1ccc2c(c1)[C@H]1C[C@H](CC(=O)N3CCOCC3)O[C@H](CO)[C@H]1O2)C1CCC1. The van der Waals surface area contributed by atoms with Gasteiger partial charge in [0.05, 0.1) is 32.3 Å². The minimum Gasteiger partial charge on any atom is -0.487 e. The van der Waals surface area contributed by atoms with E-state index in [4.69, 9.17) is 14.2 Å². The third-order valence-electron chi connectivity index (χ3n) is 7.01. The maximum absolute atomic E-state index is 12.7. The molecule has 2 N–H and O–H groups in total. The summed E-state index contributed by atoms with van der Waals surface area (Å²) in [5.41, 5.74) is 1.79. The van der Waals surface area contributed by atoms with Crippen LogP contribution in [0.15, 0.2) is 18.2 Å². The lowest BCUT2D eigenvalue weighted by Crippen LogP contribution is -2.48. The molecule has 0 bridgehead atoms. The van der Waals surface area contributed by atoms with Crippen LogP contribution in [0.1, 0.15) is 43.6 Å². The molecule has 1 aromatic carbocycles. The highest BCUT2D eigenvalue weighted by atomic mass is 16.6. The van der Waals surface area contributed by atoms with Gasteiger partial charge in [0.1, 0.15) is 18.0 Å². The number of carbonyl (C=O) groups is 2. The highest BCUT2D eigenvalue weighted by molar-refractivity contribution is 5.93. The van der Waals surface area contributed by atoms with Gasteiger partial charge in [0, 0.05) is 36.2 Å². The molecule has 0 aromatic heterocycles. The summed E-state index contributed by atoms with van der Waals surface area (Å²) in [5.74, 6) is 1.04. The minimum absolute atomic E-state index is 0.0175. The molecule has 1 saturated carbocycles. The van der Waals surface area contributed by atoms with E-state index in [2.05, 4.69) is 5.32 Å². The number of benzene rings is 1. The normalized spacial score (nSPS) is 30.0. The zero-order valence-electron chi connectivity index (χ0n) is 17.6. The summed E-state index contributed by atoms with van der Waals surface area (Å²) in [7, 11) is 0. The van der Waals surface area contributed by atoms with E-state index in [0.717, 1.165) is 36.3 Å². The van der Waals surface area contributed by atoms with Gasteiger partial charge < -0.3 is 29.5 Å². The predicted octanol–water partition coefficient (Wildman–Crippen LogP) is 1.67. The van der Waals surface area contributed by atoms with Gasteiger partial charge in [-0.25, -0.2) is 0 Å². The summed E-state index contributed by atoms with van der Waals surface area (Å²) in [6.45, 7) is 2.19. The molecule has 2 amide bonds. The van der Waals surface area contributed by atoms with Crippen LogP contribution in [-0.4, -0.2) is 73.0 Å². The molecule has 0 spiro atoms. The number of amides is 2. The second kappa shape index (κ2) is 8.76. The van der Waals surface area contributed by atoms with Crippen LogP contribution in [-0.2, 0) is 19.1 Å². The molecule has 0 unspecified atom stereocenters. The fourth-order valence-corrected chi connectivity index (χ4v) is 5.02. The standard InChI is InChI=1S/C23H30N2O6/c26-13-20-22-18(11-16(30-20)12-21(27)25-6-8-29-9-7-25)17-10-15(4-5-19(17)31-22)24-23(28)14-2-1-3-14/h4-5,10,14,16,18,20,22,26H,1-3,6-9,11-13H2,(H,24,28)/t16-,18-,20-,22+/m1/s1. The number of anilines is 1. The van der Waals surface area contributed by atoms with Gasteiger partial charge in [-0.05, 0) is 37.5 Å². The van der Waals surface area contributed by atoms with Gasteiger partial charge in [0.2, 0.25) is 11.8 Å². The second-order valence-corrected chi connectivity index (χ2v) is 8.97. The molecule has 8 nitrogen and oxygen atoms in total. The number of aliphatic hydroxyl groups excluding tert-OH is 1. The quantitative estimate of drug-likeness (QED) is 0.738. The zero-order chi connectivity index (χ0) is 21.4. The molecular weight excluding hydrogens is 400 g/mol. The maximum Gasteiger partial charge on any atom is 0.227 e. The smallest absolute Gasteiger partial charge is 0.227 e. The Morgan fingerprint density at radius 2 is 2.00 bits per heavy atom. The highest BCUT2D eigenvalue weighted by Crippen LogP contribution is 2.47. The Hall–Kier alpha value is -2.16. The van der Waals surface area contributed by atoms with Crippen LogP contribution >= 0.6 is 0 Å². The van der Waals surface area contributed by atoms with Crippen LogP contribution in [0.4, 0.5) is 5.69 Å². The van der Waals surface area contributed by atoms with Crippen LogP contribution in [0.3, 0.4) is 0 Å². The molecule has 4 aliphatic rings. The number of nitrogens with one attached hydrogen (secondary N) is 1. The summed E-state index contributed by atoms with van der Waals surface area (Å²) < 4.78 is 17.5. The first-order valence-electron chi connectivity index (χ1n) is 11.4. The molecule has 1 aliphatic carbocycles. The zero-order valence-corrected chi connectivity index (χ0v) is 17.6. The number of carbonyl (C=O) groups excluding carboxylic acids is 2. The van der Waals surface area contributed by atoms with Crippen molar-refractivity contribution in [3.05, 3.63) is 23.8 Å². The first-order chi connectivity index (χ1) is 15.1. The van der Waals surface area contributed by atoms with Gasteiger partial charge in [-0.3, -0.25) is 9.59 Å². The van der Waals surface area contributed by atoms with E-state index in [0.29, 0.717) is 32.7 Å². The number of aliphatic hydroxyl groups is 1. The van der Waals surface area contributed by atoms with Crippen LogP contribution in [0.5, 0.6) is 5.75 Å². The first-order valence-corrected chi connectivity index (χ1v) is 11.4. The van der Waals surface area contributed by atoms with E-state index in [1.807, 2.05) is 23.1 Å². The summed E-state index contributed by atoms with van der Waals surface area (Å²) in [6, 6.07) is 5.73. The van der Waals surface area contributed by atoms with Gasteiger partial charge in [0.25, 0.3) is 0 Å². The Bertz CT molecular complexity index is 835. The fourth-order valence-electron chi connectivity index (χ4n) is 5.02. The lowest BCUT2D eigenvalue weighted by Gasteiger charge is -2.38. The molecule has 5 rings (SSSR count). The number of hydrogen-bond donors (Lipinski definition) is 2. The second-order valence-electron chi connectivity index (χ2n) is 8.97. The van der Waals surface area contributed by atoms with Gasteiger partial charge in [-0.1, -0.05) is 6.42 Å². The monoisotopic (exact) mass is 430 g/mol. The molecule has 0 radical (unpaired) electrons. The maximum atomic E-state index is 12.7. The van der Waals surface area contributed by atoms with Crippen molar-refractivity contribution in [2.45, 2.75) is 56.3 Å². The lowest BCUT2D eigenvalue weighted by molar-refractivity contribution is -0.151. The number of morpholine rings is 1. The molecule has 2 saturated heterocycles. The summed E-state index contributed by atoms with van der Waals surface area (Å²) >= 11 is 0. The summed E-state index contributed by atoms with van der Waals surface area (Å²) in [6.07, 6.45) is 2.91. The lowest BCUT2D eigenvalue weighted by atomic mass is 9.83. The van der Waals surface area contributed by atoms with Crippen LogP contribution < -0.4 is 10.1 Å². The van der Waals surface area contributed by atoms with Crippen molar-refractivity contribution in [3.63, 3.8) is 0 Å². The molecule has 3 fully saturated rings. The van der Waals surface area contributed by atoms with E-state index in [-0.39, 0.29) is 48.9 Å². The Kier molecular flexibility index (Phi) is 5.86. The van der Waals surface area contributed by atoms with Crippen molar-refractivity contribution in [3.8, 4) is 5.75 Å². The van der Waals surface area contributed by atoms with Crippen molar-refractivity contribution >= 4 is 17.5 Å². The Labute approximate surface area is 181 Å². The third-order valence-corrected chi connectivity index (χ3v) is 7.01. The van der Waals surface area contributed by atoms with E-state index in [1.165, 1.54) is 0 Å². The van der Waals surface area contributed by atoms with E-state index >= 15 is 0 Å². The predicted molar refractivity (Wildman–Crippen MR) is 112 cm³/mol. The Morgan fingerprint density at radius 1 is 1.19 bits per heavy atom. The summed E-state index contributed by atoms with van der Waals surface area (Å²) in [5, 5.41) is 12.9. The van der Waals surface area contributed by atoms with Gasteiger partial charge in [-0.15, -0.1) is 0 Å². The molecule has 1 aromatic rings. The average molecular weight is 431 g/mol. The van der Waals surface area contributed by atoms with Gasteiger partial charge >= 0.3 is 0 Å². The topological polar surface area (TPSA) is 97.3 Å². The third kappa shape index (κ3) is 4.16. The average Bonchev–Trinajstić information content (AvgIpc) is 3.10. The van der Waals surface area contributed by atoms with Crippen LogP contribution in [0, 0.1) is 5.92 Å².